The molecule has 0 unspecified atom stereocenters. The second kappa shape index (κ2) is 15.0. The number of carbonyl (C=O) groups is 1. The zero-order valence-corrected chi connectivity index (χ0v) is 16.1. The molecule has 0 bridgehead atoms. The Morgan fingerprint density at radius 1 is 0.696 bits per heavy atom. The Bertz CT molecular complexity index is 275. The molecule has 0 radical (unpaired) electrons. The SMILES string of the molecule is CCCCCCCCCCCCCC[N+](CC)(CC)CC(=O)[O-]. The quantitative estimate of drug-likeness (QED) is 0.295. The lowest BCUT2D eigenvalue weighted by Gasteiger charge is -2.37. The summed E-state index contributed by atoms with van der Waals surface area (Å²) >= 11 is 0. The first-order valence-electron chi connectivity index (χ1n) is 10.1. The monoisotopic (exact) mass is 327 g/mol. The third-order valence-electron chi connectivity index (χ3n) is 5.29. The zero-order chi connectivity index (χ0) is 17.4. The molecular weight excluding hydrogens is 286 g/mol. The summed E-state index contributed by atoms with van der Waals surface area (Å²) < 4.78 is 0.681. The number of hydrogen-bond donors (Lipinski definition) is 0. The fourth-order valence-electron chi connectivity index (χ4n) is 3.40. The fourth-order valence-corrected chi connectivity index (χ4v) is 3.40. The maximum atomic E-state index is 10.9. The molecule has 0 aliphatic heterocycles. The predicted octanol–water partition coefficient (Wildman–Crippen LogP) is 4.29. The molecule has 0 aromatic carbocycles. The minimum atomic E-state index is -0.910. The van der Waals surface area contributed by atoms with Crippen LogP contribution >= 0.6 is 0 Å². The van der Waals surface area contributed by atoms with E-state index >= 15 is 0 Å². The molecule has 0 aromatic heterocycles. The molecule has 0 aromatic rings. The van der Waals surface area contributed by atoms with Crippen molar-refractivity contribution in [3.8, 4) is 0 Å². The Balaban J connectivity index is 3.51. The Kier molecular flexibility index (Phi) is 14.6. The van der Waals surface area contributed by atoms with Crippen LogP contribution < -0.4 is 5.11 Å². The van der Waals surface area contributed by atoms with Crippen LogP contribution in [0.2, 0.25) is 0 Å². The Labute approximate surface area is 145 Å². The highest BCUT2D eigenvalue weighted by Crippen LogP contribution is 2.14. The summed E-state index contributed by atoms with van der Waals surface area (Å²) in [6.07, 6.45) is 16.2. The zero-order valence-electron chi connectivity index (χ0n) is 16.1. The van der Waals surface area contributed by atoms with Crippen LogP contribution in [0.25, 0.3) is 0 Å². The molecule has 0 fully saturated rings. The van der Waals surface area contributed by atoms with Crippen molar-refractivity contribution < 1.29 is 14.4 Å². The Morgan fingerprint density at radius 2 is 1.09 bits per heavy atom. The highest BCUT2D eigenvalue weighted by atomic mass is 16.4. The second-order valence-electron chi connectivity index (χ2n) is 7.12. The van der Waals surface area contributed by atoms with E-state index in [9.17, 15) is 9.90 Å². The van der Waals surface area contributed by atoms with Gasteiger partial charge in [-0.15, -0.1) is 0 Å². The molecule has 0 amide bonds. The molecule has 0 aliphatic rings. The van der Waals surface area contributed by atoms with Gasteiger partial charge in [-0.1, -0.05) is 71.1 Å². The lowest BCUT2D eigenvalue weighted by atomic mass is 10.0. The highest BCUT2D eigenvalue weighted by molar-refractivity contribution is 5.65. The molecule has 0 heterocycles. The van der Waals surface area contributed by atoms with Crippen LogP contribution in [0.5, 0.6) is 0 Å². The predicted molar refractivity (Wildman–Crippen MR) is 97.2 cm³/mol. The van der Waals surface area contributed by atoms with Crippen molar-refractivity contribution in [2.24, 2.45) is 0 Å². The summed E-state index contributed by atoms with van der Waals surface area (Å²) in [6.45, 7) is 9.39. The number of quaternary nitrogens is 1. The van der Waals surface area contributed by atoms with E-state index in [2.05, 4.69) is 20.8 Å². The third-order valence-corrected chi connectivity index (χ3v) is 5.29. The van der Waals surface area contributed by atoms with Crippen LogP contribution in [0, 0.1) is 0 Å². The van der Waals surface area contributed by atoms with Crippen LogP contribution in [0.3, 0.4) is 0 Å². The van der Waals surface area contributed by atoms with Crippen molar-refractivity contribution in [1.29, 1.82) is 0 Å². The summed E-state index contributed by atoms with van der Waals surface area (Å²) in [5, 5.41) is 10.9. The minimum Gasteiger partial charge on any atom is -0.544 e. The number of unbranched alkanes of at least 4 members (excludes halogenated alkanes) is 11. The van der Waals surface area contributed by atoms with Crippen molar-refractivity contribution in [3.63, 3.8) is 0 Å². The maximum Gasteiger partial charge on any atom is 0.119 e. The summed E-state index contributed by atoms with van der Waals surface area (Å²) in [5.41, 5.74) is 0. The molecule has 0 saturated heterocycles. The van der Waals surface area contributed by atoms with Crippen LogP contribution in [0.1, 0.15) is 97.8 Å². The van der Waals surface area contributed by atoms with Gasteiger partial charge in [-0.2, -0.15) is 0 Å². The van der Waals surface area contributed by atoms with Gasteiger partial charge in [-0.05, 0) is 26.7 Å². The topological polar surface area (TPSA) is 40.1 Å². The molecule has 0 spiro atoms. The van der Waals surface area contributed by atoms with Crippen LogP contribution in [0.4, 0.5) is 0 Å². The first kappa shape index (κ1) is 22.4. The lowest BCUT2D eigenvalue weighted by Crippen LogP contribution is -2.54. The molecule has 3 heteroatoms. The number of carbonyl (C=O) groups excluding carboxylic acids is 1. The van der Waals surface area contributed by atoms with E-state index in [-0.39, 0.29) is 6.54 Å². The third kappa shape index (κ3) is 12.5. The molecule has 0 aliphatic carbocycles. The number of rotatable bonds is 17. The molecule has 0 atom stereocenters. The highest BCUT2D eigenvalue weighted by Gasteiger charge is 2.22. The number of hydrogen-bond acceptors (Lipinski definition) is 2. The standard InChI is InChI=1S/C20H41NO2/c1-4-7-8-9-10-11-12-13-14-15-16-17-18-21(5-2,6-3)19-20(22)23/h4-19H2,1-3H3. The molecule has 3 nitrogen and oxygen atoms in total. The summed E-state index contributed by atoms with van der Waals surface area (Å²) in [7, 11) is 0. The van der Waals surface area contributed by atoms with Gasteiger partial charge in [0.25, 0.3) is 0 Å². The van der Waals surface area contributed by atoms with Crippen molar-refractivity contribution in [3.05, 3.63) is 0 Å². The molecule has 0 N–H and O–H groups in total. The first-order chi connectivity index (χ1) is 11.1. The van der Waals surface area contributed by atoms with Gasteiger partial charge in [0.05, 0.1) is 25.6 Å². The minimum absolute atomic E-state index is 0.172. The second-order valence-corrected chi connectivity index (χ2v) is 7.12. The lowest BCUT2D eigenvalue weighted by molar-refractivity contribution is -0.919. The smallest absolute Gasteiger partial charge is 0.119 e. The molecular formula is C20H41NO2. The van der Waals surface area contributed by atoms with Gasteiger partial charge in [-0.25, -0.2) is 0 Å². The van der Waals surface area contributed by atoms with E-state index in [1.165, 1.54) is 70.6 Å². The summed E-state index contributed by atoms with van der Waals surface area (Å²) in [5.74, 6) is -0.910. The summed E-state index contributed by atoms with van der Waals surface area (Å²) in [4.78, 5) is 10.9. The normalized spacial score (nSPS) is 11.8. The van der Waals surface area contributed by atoms with E-state index < -0.39 is 5.97 Å². The number of aliphatic carboxylic acids is 1. The number of likely N-dealkylation sites (N-methyl/N-ethyl adjacent to an activating group) is 1. The Hall–Kier alpha value is -0.570. The average molecular weight is 328 g/mol. The van der Waals surface area contributed by atoms with Crippen molar-refractivity contribution in [2.45, 2.75) is 97.8 Å². The van der Waals surface area contributed by atoms with E-state index in [1.807, 2.05) is 0 Å². The summed E-state index contributed by atoms with van der Waals surface area (Å²) in [6, 6.07) is 0. The van der Waals surface area contributed by atoms with Crippen molar-refractivity contribution in [1.82, 2.24) is 0 Å². The van der Waals surface area contributed by atoms with E-state index in [0.717, 1.165) is 26.1 Å². The van der Waals surface area contributed by atoms with Gasteiger partial charge < -0.3 is 14.4 Å². The number of nitrogens with zero attached hydrogens (tertiary/aromatic N) is 1. The first-order valence-corrected chi connectivity index (χ1v) is 10.1. The van der Waals surface area contributed by atoms with Gasteiger partial charge in [0.1, 0.15) is 6.54 Å². The fraction of sp³-hybridized carbons (Fsp3) is 0.950. The largest absolute Gasteiger partial charge is 0.544 e. The molecule has 0 rings (SSSR count). The molecule has 23 heavy (non-hydrogen) atoms. The van der Waals surface area contributed by atoms with Gasteiger partial charge in [-0.3, -0.25) is 0 Å². The van der Waals surface area contributed by atoms with Crippen molar-refractivity contribution in [2.75, 3.05) is 26.2 Å². The number of carboxylic acid groups (broad SMARTS) is 1. The molecule has 0 saturated carbocycles. The van der Waals surface area contributed by atoms with Gasteiger partial charge >= 0.3 is 0 Å². The van der Waals surface area contributed by atoms with Gasteiger partial charge in [0.15, 0.2) is 0 Å². The maximum absolute atomic E-state index is 10.9. The van der Waals surface area contributed by atoms with Crippen molar-refractivity contribution >= 4 is 5.97 Å². The number of carboxylic acids is 1. The van der Waals surface area contributed by atoms with E-state index in [1.54, 1.807) is 0 Å². The average Bonchev–Trinajstić information content (AvgIpc) is 2.54. The van der Waals surface area contributed by atoms with Gasteiger partial charge in [0, 0.05) is 0 Å². The van der Waals surface area contributed by atoms with Crippen LogP contribution in [-0.2, 0) is 4.79 Å². The van der Waals surface area contributed by atoms with Crippen LogP contribution in [0.15, 0.2) is 0 Å². The Morgan fingerprint density at radius 3 is 1.43 bits per heavy atom. The van der Waals surface area contributed by atoms with Gasteiger partial charge in [0.2, 0.25) is 0 Å². The molecule has 138 valence electrons. The van der Waals surface area contributed by atoms with E-state index in [4.69, 9.17) is 0 Å². The van der Waals surface area contributed by atoms with E-state index in [0.29, 0.717) is 4.48 Å². The van der Waals surface area contributed by atoms with Crippen LogP contribution in [-0.4, -0.2) is 36.6 Å².